The summed E-state index contributed by atoms with van der Waals surface area (Å²) < 4.78 is 21.8. The van der Waals surface area contributed by atoms with Gasteiger partial charge in [-0.1, -0.05) is 19.9 Å². The van der Waals surface area contributed by atoms with Gasteiger partial charge in [0.1, 0.15) is 5.83 Å². The average molecular weight is 367 g/mol. The molecule has 1 saturated heterocycles. The van der Waals surface area contributed by atoms with Gasteiger partial charge >= 0.3 is 0 Å². The van der Waals surface area contributed by atoms with E-state index >= 15 is 0 Å². The highest BCUT2D eigenvalue weighted by molar-refractivity contribution is 5.97. The number of ether oxygens (including phenoxy) is 1. The van der Waals surface area contributed by atoms with Crippen molar-refractivity contribution in [1.82, 2.24) is 4.57 Å². The maximum Gasteiger partial charge on any atom is 0.121 e. The summed E-state index contributed by atoms with van der Waals surface area (Å²) >= 11 is 0. The van der Waals surface area contributed by atoms with E-state index < -0.39 is 0 Å². The van der Waals surface area contributed by atoms with Crippen molar-refractivity contribution < 1.29 is 9.13 Å². The number of nitrogens with zero attached hydrogens (tertiary/aromatic N) is 1. The molecule has 0 spiro atoms. The molecule has 1 unspecified atom stereocenters. The number of halogens is 1. The molecule has 1 atom stereocenters. The van der Waals surface area contributed by atoms with Crippen molar-refractivity contribution in [3.8, 4) is 0 Å². The van der Waals surface area contributed by atoms with Gasteiger partial charge in [0.15, 0.2) is 0 Å². The molecule has 3 N–H and O–H groups in total. The molecule has 4 rings (SSSR count). The van der Waals surface area contributed by atoms with Gasteiger partial charge in [0.05, 0.1) is 19.3 Å². The summed E-state index contributed by atoms with van der Waals surface area (Å²) in [6, 6.07) is 4.06. The number of hydrogen-bond donors (Lipinski definition) is 2. The van der Waals surface area contributed by atoms with Gasteiger partial charge in [0.2, 0.25) is 0 Å². The highest BCUT2D eigenvalue weighted by atomic mass is 19.1. The summed E-state index contributed by atoms with van der Waals surface area (Å²) in [4.78, 5) is 0. The lowest BCUT2D eigenvalue weighted by atomic mass is 9.90. The first-order valence-electron chi connectivity index (χ1n) is 9.52. The van der Waals surface area contributed by atoms with Crippen LogP contribution < -0.4 is 5.73 Å². The number of fused-ring (bicyclic) bond motifs is 1. The molecular formula is C22H26FN3O. The largest absolute Gasteiger partial charge is 0.398 e. The molecule has 1 aliphatic heterocycles. The maximum absolute atomic E-state index is 13.9. The predicted molar refractivity (Wildman–Crippen MR) is 108 cm³/mol. The number of anilines is 1. The van der Waals surface area contributed by atoms with E-state index in [1.165, 1.54) is 17.5 Å². The first-order chi connectivity index (χ1) is 12.9. The molecule has 0 radical (unpaired) electrons. The summed E-state index contributed by atoms with van der Waals surface area (Å²) in [6.07, 6.45) is 5.62. The van der Waals surface area contributed by atoms with E-state index in [9.17, 15) is 4.39 Å². The lowest BCUT2D eigenvalue weighted by Crippen LogP contribution is -2.26. The summed E-state index contributed by atoms with van der Waals surface area (Å²) in [5.41, 5.74) is 11.9. The predicted octanol–water partition coefficient (Wildman–Crippen LogP) is 5.20. The van der Waals surface area contributed by atoms with E-state index in [0.717, 1.165) is 24.1 Å². The Morgan fingerprint density at radius 1 is 1.33 bits per heavy atom. The normalized spacial score (nSPS) is 20.6. The fraction of sp³-hybridized carbons (Fsp3) is 0.409. The fourth-order valence-corrected chi connectivity index (χ4v) is 4.34. The van der Waals surface area contributed by atoms with Gasteiger partial charge < -0.3 is 20.4 Å². The molecule has 2 heterocycles. The number of aromatic nitrogens is 1. The summed E-state index contributed by atoms with van der Waals surface area (Å²) in [6.45, 7) is 7.66. The zero-order chi connectivity index (χ0) is 19.3. The van der Waals surface area contributed by atoms with Crippen molar-refractivity contribution >= 4 is 22.8 Å². The van der Waals surface area contributed by atoms with E-state index in [1.807, 2.05) is 25.1 Å². The smallest absolute Gasteiger partial charge is 0.121 e. The monoisotopic (exact) mass is 367 g/mol. The first-order valence-corrected chi connectivity index (χ1v) is 9.52. The molecule has 2 aliphatic rings. The van der Waals surface area contributed by atoms with Crippen LogP contribution in [-0.2, 0) is 4.74 Å². The Morgan fingerprint density at radius 2 is 2.07 bits per heavy atom. The number of nitrogens with two attached hydrogens (primary N) is 1. The van der Waals surface area contributed by atoms with Gasteiger partial charge in [-0.15, -0.1) is 0 Å². The SMILES string of the molecule is CC1=CC(n2c(C(C)C)c(C3COC3)c3cc(N)c(C=N)cc32)CC=C1F. The van der Waals surface area contributed by atoms with Gasteiger partial charge in [-0.3, -0.25) is 0 Å². The molecule has 1 aromatic heterocycles. The summed E-state index contributed by atoms with van der Waals surface area (Å²) in [5.74, 6) is 0.533. The van der Waals surface area contributed by atoms with Crippen LogP contribution in [0.15, 0.2) is 35.7 Å². The van der Waals surface area contributed by atoms with Crippen molar-refractivity contribution in [1.29, 1.82) is 5.41 Å². The van der Waals surface area contributed by atoms with Crippen LogP contribution in [0.25, 0.3) is 10.9 Å². The molecule has 0 saturated carbocycles. The van der Waals surface area contributed by atoms with Crippen LogP contribution in [0.4, 0.5) is 10.1 Å². The van der Waals surface area contributed by atoms with Crippen LogP contribution in [-0.4, -0.2) is 24.0 Å². The minimum Gasteiger partial charge on any atom is -0.398 e. The molecule has 142 valence electrons. The molecule has 0 amide bonds. The highest BCUT2D eigenvalue weighted by Crippen LogP contribution is 2.43. The second-order valence-corrected chi connectivity index (χ2v) is 7.91. The van der Waals surface area contributed by atoms with E-state index in [0.29, 0.717) is 35.1 Å². The van der Waals surface area contributed by atoms with E-state index in [2.05, 4.69) is 18.4 Å². The molecule has 1 aliphatic carbocycles. The fourth-order valence-electron chi connectivity index (χ4n) is 4.34. The molecule has 4 nitrogen and oxygen atoms in total. The number of benzene rings is 1. The van der Waals surface area contributed by atoms with E-state index in [4.69, 9.17) is 15.9 Å². The third-order valence-corrected chi connectivity index (χ3v) is 5.72. The number of hydrogen-bond acceptors (Lipinski definition) is 3. The molecule has 27 heavy (non-hydrogen) atoms. The lowest BCUT2D eigenvalue weighted by Gasteiger charge is -2.29. The molecule has 5 heteroatoms. The number of nitrogen functional groups attached to an aromatic ring is 1. The summed E-state index contributed by atoms with van der Waals surface area (Å²) in [5, 5.41) is 8.84. The van der Waals surface area contributed by atoms with Gasteiger partial charge in [0, 0.05) is 40.0 Å². The van der Waals surface area contributed by atoms with Crippen molar-refractivity contribution in [2.75, 3.05) is 18.9 Å². The Labute approximate surface area is 159 Å². The maximum atomic E-state index is 13.9. The van der Waals surface area contributed by atoms with Crippen LogP contribution >= 0.6 is 0 Å². The average Bonchev–Trinajstić information content (AvgIpc) is 2.89. The minimum absolute atomic E-state index is 0.0568. The van der Waals surface area contributed by atoms with E-state index in [1.54, 1.807) is 6.08 Å². The van der Waals surface area contributed by atoms with Gasteiger partial charge in [-0.2, -0.15) is 0 Å². The van der Waals surface area contributed by atoms with Crippen molar-refractivity contribution in [2.45, 2.75) is 45.1 Å². The second kappa shape index (κ2) is 6.64. The van der Waals surface area contributed by atoms with Gasteiger partial charge in [-0.25, -0.2) is 4.39 Å². The van der Waals surface area contributed by atoms with Crippen molar-refractivity contribution in [3.05, 3.63) is 52.5 Å². The van der Waals surface area contributed by atoms with E-state index in [-0.39, 0.29) is 11.9 Å². The first kappa shape index (κ1) is 18.0. The number of allylic oxidation sites excluding steroid dienone is 4. The van der Waals surface area contributed by atoms with Crippen LogP contribution in [0, 0.1) is 5.41 Å². The Balaban J connectivity index is 2.03. The van der Waals surface area contributed by atoms with Gasteiger partial charge in [-0.05, 0) is 48.6 Å². The molecular weight excluding hydrogens is 341 g/mol. The highest BCUT2D eigenvalue weighted by Gasteiger charge is 2.32. The molecule has 2 aromatic rings. The Morgan fingerprint density at radius 3 is 2.63 bits per heavy atom. The lowest BCUT2D eigenvalue weighted by molar-refractivity contribution is 0.00845. The third kappa shape index (κ3) is 2.81. The zero-order valence-electron chi connectivity index (χ0n) is 16.1. The van der Waals surface area contributed by atoms with Crippen LogP contribution in [0.2, 0.25) is 0 Å². The van der Waals surface area contributed by atoms with Crippen LogP contribution in [0.5, 0.6) is 0 Å². The molecule has 0 bridgehead atoms. The van der Waals surface area contributed by atoms with Crippen LogP contribution in [0.1, 0.15) is 61.9 Å². The van der Waals surface area contributed by atoms with Gasteiger partial charge in [0.25, 0.3) is 0 Å². The Bertz CT molecular complexity index is 979. The minimum atomic E-state index is -0.133. The number of nitrogens with one attached hydrogen (secondary N) is 1. The molecule has 1 fully saturated rings. The topological polar surface area (TPSA) is 64.0 Å². The van der Waals surface area contributed by atoms with Crippen molar-refractivity contribution in [3.63, 3.8) is 0 Å². The standard InChI is InChI=1S/C22H26FN3O/c1-12(2)22-21(15-10-27-11-15)17-8-19(25)14(9-24)7-20(17)26(22)16-4-5-18(23)13(3)6-16/h5-9,12,15-16,24H,4,10-11,25H2,1-3H3. The zero-order valence-corrected chi connectivity index (χ0v) is 16.1. The quantitative estimate of drug-likeness (QED) is 0.576. The third-order valence-electron chi connectivity index (χ3n) is 5.72. The van der Waals surface area contributed by atoms with Crippen molar-refractivity contribution in [2.24, 2.45) is 0 Å². The Hall–Kier alpha value is -2.40. The second-order valence-electron chi connectivity index (χ2n) is 7.91. The molecule has 1 aromatic carbocycles. The number of rotatable bonds is 4. The van der Waals surface area contributed by atoms with Crippen LogP contribution in [0.3, 0.4) is 0 Å². The summed E-state index contributed by atoms with van der Waals surface area (Å²) in [7, 11) is 0. The Kier molecular flexibility index (Phi) is 4.42.